The number of aliphatic hydroxyl groups is 1. The summed E-state index contributed by atoms with van der Waals surface area (Å²) in [6.07, 6.45) is -2.40. The molecule has 0 spiro atoms. The normalized spacial score (nSPS) is 21.4. The minimum absolute atomic E-state index is 0.0534. The van der Waals surface area contributed by atoms with Crippen molar-refractivity contribution in [3.8, 4) is 11.5 Å². The molecule has 7 aromatic rings. The minimum atomic E-state index is -4.32. The van der Waals surface area contributed by atoms with Gasteiger partial charge in [-0.25, -0.2) is 19.7 Å². The third-order valence-electron chi connectivity index (χ3n) is 12.6. The van der Waals surface area contributed by atoms with E-state index < -0.39 is 73.3 Å². The molecule has 2 aliphatic heterocycles. The number of methoxy groups -OCH3 is 2. The van der Waals surface area contributed by atoms with Crippen LogP contribution in [0.5, 0.6) is 11.5 Å². The number of carbonyl (C=O) groups excluding carboxylic acids is 1. The number of fused-ring (bicyclic) bond motifs is 1. The SMILES string of the molecule is COc1ccc(C(OC[C@H]2O[C@@H](n3cnc4c(NC(=O)c5ccccc5)ncnc43)C[C@H]2OP(=O)(OC)C(C)O[C@H]2O[C@@H](n3cc(C)c(=O)[nH]c3=O)C[C@H]2O)(c2ccccc2)c2ccc(OC)cc2)cc1. The minimum Gasteiger partial charge on any atom is -0.497 e. The van der Waals surface area contributed by atoms with E-state index in [1.54, 1.807) is 43.1 Å². The smallest absolute Gasteiger partial charge is 0.359 e. The Bertz CT molecular complexity index is 3090. The largest absolute Gasteiger partial charge is 0.497 e. The molecule has 3 aromatic heterocycles. The van der Waals surface area contributed by atoms with E-state index in [1.165, 1.54) is 39.8 Å². The van der Waals surface area contributed by atoms with Crippen molar-refractivity contribution in [1.82, 2.24) is 29.1 Å². The number of carbonyl (C=O) groups is 1. The number of amides is 1. The van der Waals surface area contributed by atoms with Crippen molar-refractivity contribution >= 4 is 30.5 Å². The van der Waals surface area contributed by atoms with Crippen LogP contribution >= 0.6 is 7.60 Å². The number of H-pyrrole nitrogens is 1. The van der Waals surface area contributed by atoms with E-state index in [2.05, 4.69) is 25.3 Å². The molecule has 3 N–H and O–H groups in total. The zero-order valence-electron chi connectivity index (χ0n) is 39.3. The molecule has 5 heterocycles. The van der Waals surface area contributed by atoms with Gasteiger partial charge < -0.3 is 47.9 Å². The van der Waals surface area contributed by atoms with Gasteiger partial charge in [-0.2, -0.15) is 0 Å². The van der Waals surface area contributed by atoms with Crippen LogP contribution in [0.2, 0.25) is 0 Å². The maximum atomic E-state index is 15.0. The second-order valence-corrected chi connectivity index (χ2v) is 19.3. The predicted octanol–water partition coefficient (Wildman–Crippen LogP) is 6.44. The monoisotopic (exact) mass is 989 g/mol. The summed E-state index contributed by atoms with van der Waals surface area (Å²) in [5, 5.41) is 13.9. The molecule has 2 saturated heterocycles. The molecule has 2 unspecified atom stereocenters. The molecule has 0 saturated carbocycles. The number of aryl methyl sites for hydroxylation is 1. The second kappa shape index (κ2) is 20.8. The number of nitrogens with zero attached hydrogens (tertiary/aromatic N) is 5. The van der Waals surface area contributed by atoms with Gasteiger partial charge in [0.15, 0.2) is 29.1 Å². The van der Waals surface area contributed by atoms with Crippen LogP contribution < -0.4 is 26.0 Å². The summed E-state index contributed by atoms with van der Waals surface area (Å²) < 4.78 is 67.3. The highest BCUT2D eigenvalue weighted by Crippen LogP contribution is 2.57. The fraction of sp³-hybridized carbons (Fsp3) is 0.320. The Balaban J connectivity index is 1.05. The third kappa shape index (κ3) is 9.93. The highest BCUT2D eigenvalue weighted by Gasteiger charge is 2.49. The van der Waals surface area contributed by atoms with E-state index in [9.17, 15) is 19.5 Å². The Labute approximate surface area is 407 Å². The number of nitrogens with one attached hydrogen (secondary N) is 2. The first kappa shape index (κ1) is 49.1. The van der Waals surface area contributed by atoms with Crippen molar-refractivity contribution in [3.05, 3.63) is 177 Å². The summed E-state index contributed by atoms with van der Waals surface area (Å²) in [7, 11) is 0.0741. The van der Waals surface area contributed by atoms with Gasteiger partial charge in [-0.15, -0.1) is 0 Å². The van der Waals surface area contributed by atoms with E-state index in [-0.39, 0.29) is 36.3 Å². The molecule has 0 aliphatic carbocycles. The number of imidazole rings is 1. The van der Waals surface area contributed by atoms with Crippen LogP contribution in [-0.4, -0.2) is 98.5 Å². The van der Waals surface area contributed by atoms with Gasteiger partial charge in [0.05, 0.1) is 27.2 Å². The number of hydrogen-bond acceptors (Lipinski definition) is 16. The summed E-state index contributed by atoms with van der Waals surface area (Å²) >= 11 is 0. The maximum absolute atomic E-state index is 15.0. The predicted molar refractivity (Wildman–Crippen MR) is 257 cm³/mol. The fourth-order valence-corrected chi connectivity index (χ4v) is 10.2. The van der Waals surface area contributed by atoms with Crippen molar-refractivity contribution in [2.75, 3.05) is 33.3 Å². The Morgan fingerprint density at radius 2 is 1.46 bits per heavy atom. The van der Waals surface area contributed by atoms with Crippen molar-refractivity contribution in [1.29, 1.82) is 0 Å². The van der Waals surface area contributed by atoms with Crippen LogP contribution in [0.1, 0.15) is 64.8 Å². The average Bonchev–Trinajstić information content (AvgIpc) is 4.12. The van der Waals surface area contributed by atoms with Crippen molar-refractivity contribution in [2.45, 2.75) is 75.2 Å². The first-order valence-electron chi connectivity index (χ1n) is 22.7. The standard InChI is InChI=1S/C50H52N7O13P/c1-30-26-56(49(61)55-46(30)59)41-24-38(58)48(69-41)67-31(2)71(62,65-5)70-39-25-42(57-29-53-43-44(51-28-52-45(43)57)54-47(60)32-12-8-6-9-13-32)68-40(39)27-66-50(33-14-10-7-11-15-33,34-16-20-36(63-3)21-17-34)35-18-22-37(64-4)23-19-35/h6-23,26,28-29,31,38-42,48,58H,24-25,27H2,1-5H3,(H,55,59,61)(H,51,52,54,60)/t31?,38-,39-,40-,41-,42-,48+,71?/m1/s1. The number of aromatic nitrogens is 6. The highest BCUT2D eigenvalue weighted by atomic mass is 31.2. The van der Waals surface area contributed by atoms with E-state index in [1.807, 2.05) is 84.9 Å². The first-order valence-corrected chi connectivity index (χ1v) is 24.3. The molecule has 8 atom stereocenters. The fourth-order valence-electron chi connectivity index (χ4n) is 8.79. The lowest BCUT2D eigenvalue weighted by Crippen LogP contribution is -2.39. The highest BCUT2D eigenvalue weighted by molar-refractivity contribution is 7.54. The van der Waals surface area contributed by atoms with Gasteiger partial charge in [0.25, 0.3) is 11.5 Å². The van der Waals surface area contributed by atoms with E-state index in [0.717, 1.165) is 21.3 Å². The van der Waals surface area contributed by atoms with Gasteiger partial charge in [0.1, 0.15) is 54.2 Å². The number of hydrogen-bond donors (Lipinski definition) is 3. The number of ether oxygens (including phenoxy) is 6. The molecule has 2 fully saturated rings. The lowest BCUT2D eigenvalue weighted by atomic mass is 9.80. The van der Waals surface area contributed by atoms with Gasteiger partial charge in [-0.05, 0) is 66.9 Å². The molecule has 20 nitrogen and oxygen atoms in total. The quantitative estimate of drug-likeness (QED) is 0.0619. The van der Waals surface area contributed by atoms with Crippen LogP contribution in [0.25, 0.3) is 11.2 Å². The molecular weight excluding hydrogens is 938 g/mol. The zero-order chi connectivity index (χ0) is 49.9. The number of aromatic amines is 1. The molecule has 21 heteroatoms. The lowest BCUT2D eigenvalue weighted by molar-refractivity contribution is -0.186. The van der Waals surface area contributed by atoms with E-state index in [0.29, 0.717) is 22.7 Å². The van der Waals surface area contributed by atoms with Crippen LogP contribution in [0.3, 0.4) is 0 Å². The van der Waals surface area contributed by atoms with Crippen LogP contribution in [0.15, 0.2) is 138 Å². The van der Waals surface area contributed by atoms with Gasteiger partial charge >= 0.3 is 13.3 Å². The van der Waals surface area contributed by atoms with Crippen molar-refractivity contribution < 1.29 is 51.9 Å². The van der Waals surface area contributed by atoms with E-state index in [4.69, 9.17) is 37.5 Å². The van der Waals surface area contributed by atoms with E-state index >= 15 is 4.57 Å². The number of anilines is 1. The van der Waals surface area contributed by atoms with Crippen molar-refractivity contribution in [3.63, 3.8) is 0 Å². The summed E-state index contributed by atoms with van der Waals surface area (Å²) in [5.74, 6) is -0.290. The number of benzene rings is 4. The molecule has 2 aliphatic rings. The van der Waals surface area contributed by atoms with Gasteiger partial charge in [-0.3, -0.25) is 28.3 Å². The number of rotatable bonds is 18. The molecule has 0 radical (unpaired) electrons. The van der Waals surface area contributed by atoms with Gasteiger partial charge in [-0.1, -0.05) is 72.8 Å². The van der Waals surface area contributed by atoms with Crippen LogP contribution in [0.4, 0.5) is 5.82 Å². The van der Waals surface area contributed by atoms with Gasteiger partial charge in [0, 0.05) is 37.3 Å². The second-order valence-electron chi connectivity index (χ2n) is 16.9. The lowest BCUT2D eigenvalue weighted by Gasteiger charge is -2.37. The summed E-state index contributed by atoms with van der Waals surface area (Å²) in [6, 6.07) is 33.4. The molecule has 370 valence electrons. The summed E-state index contributed by atoms with van der Waals surface area (Å²) in [4.78, 5) is 53.7. The van der Waals surface area contributed by atoms with Crippen LogP contribution in [-0.2, 0) is 38.2 Å². The zero-order valence-corrected chi connectivity index (χ0v) is 40.2. The Kier molecular flexibility index (Phi) is 14.4. The molecule has 1 amide bonds. The maximum Gasteiger partial charge on any atom is 0.359 e. The molecule has 71 heavy (non-hydrogen) atoms. The van der Waals surface area contributed by atoms with Crippen LogP contribution in [0, 0.1) is 6.92 Å². The van der Waals surface area contributed by atoms with Gasteiger partial charge in [0.2, 0.25) is 0 Å². The number of aliphatic hydroxyl groups excluding tert-OH is 1. The molecule has 0 bridgehead atoms. The average molecular weight is 990 g/mol. The Morgan fingerprint density at radius 1 is 0.845 bits per heavy atom. The summed E-state index contributed by atoms with van der Waals surface area (Å²) in [5.41, 5.74) is 1.01. The Morgan fingerprint density at radius 3 is 2.10 bits per heavy atom. The first-order chi connectivity index (χ1) is 34.3. The third-order valence-corrected chi connectivity index (χ3v) is 14.7. The molecule has 9 rings (SSSR count). The topological polar surface area (TPSA) is 239 Å². The summed E-state index contributed by atoms with van der Waals surface area (Å²) in [6.45, 7) is 2.83. The molecule has 4 aromatic carbocycles. The molecular formula is C50H52N7O13P. The Hall–Kier alpha value is -6.87. The van der Waals surface area contributed by atoms with Crippen molar-refractivity contribution in [2.24, 2.45) is 0 Å².